The second-order valence-electron chi connectivity index (χ2n) is 4.57. The Morgan fingerprint density at radius 3 is 1.85 bits per heavy atom. The molecule has 0 spiro atoms. The minimum Gasteiger partial charge on any atom is -0.115 e. The van der Waals surface area contributed by atoms with Gasteiger partial charge in [-0.25, -0.2) is 0 Å². The third kappa shape index (κ3) is 3.37. The van der Waals surface area contributed by atoms with Crippen molar-refractivity contribution < 1.29 is 0 Å². The molecule has 0 nitrogen and oxygen atoms in total. The smallest absolute Gasteiger partial charge is 0.115 e. The summed E-state index contributed by atoms with van der Waals surface area (Å²) in [5, 5.41) is 4.05. The average Bonchev–Trinajstić information content (AvgIpc) is 2.50. The van der Waals surface area contributed by atoms with Crippen LogP contribution in [0.25, 0.3) is 0 Å². The molecule has 0 bridgehead atoms. The fourth-order valence-electron chi connectivity index (χ4n) is 2.38. The molecule has 0 aliphatic heterocycles. The first kappa shape index (κ1) is 14.1. The quantitative estimate of drug-likeness (QED) is 0.457. The lowest BCUT2D eigenvalue weighted by Gasteiger charge is -2.17. The lowest BCUT2D eigenvalue weighted by molar-refractivity contribution is 1.67. The Labute approximate surface area is 123 Å². The van der Waals surface area contributed by atoms with Gasteiger partial charge >= 0.3 is 0 Å². The van der Waals surface area contributed by atoms with Crippen LogP contribution in [0, 0.1) is 12.3 Å². The average molecular weight is 274 g/mol. The molecule has 0 heterocycles. The van der Waals surface area contributed by atoms with Gasteiger partial charge in [0.25, 0.3) is 0 Å². The van der Waals surface area contributed by atoms with E-state index in [4.69, 9.17) is 6.42 Å². The molecule has 0 unspecified atom stereocenters. The maximum atomic E-state index is 5.52. The van der Waals surface area contributed by atoms with E-state index < -0.39 is 8.80 Å². The molecule has 0 saturated carbocycles. The molecule has 0 fully saturated rings. The predicted octanol–water partition coefficient (Wildman–Crippen LogP) is 2.70. The van der Waals surface area contributed by atoms with Crippen LogP contribution < -0.4 is 10.4 Å². The number of rotatable bonds is 4. The summed E-state index contributed by atoms with van der Waals surface area (Å²) in [5.74, 6) is 2.69. The van der Waals surface area contributed by atoms with Crippen LogP contribution in [0.15, 0.2) is 84.1 Å². The molecule has 0 aliphatic rings. The minimum absolute atomic E-state index is 1.27. The highest BCUT2D eigenvalue weighted by atomic mass is 28.3. The van der Waals surface area contributed by atoms with Crippen molar-refractivity contribution in [2.75, 3.05) is 0 Å². The molecule has 98 valence electrons. The van der Waals surface area contributed by atoms with Crippen LogP contribution >= 0.6 is 0 Å². The zero-order valence-corrected chi connectivity index (χ0v) is 12.8. The van der Waals surface area contributed by atoms with E-state index in [0.29, 0.717) is 0 Å². The SMILES string of the molecule is C#C/C=C(\C=C/C)[SiH](c1ccccc1)c1ccccc1. The topological polar surface area (TPSA) is 0 Å². The second-order valence-corrected chi connectivity index (χ2v) is 7.43. The number of hydrogen-bond acceptors (Lipinski definition) is 0. The minimum atomic E-state index is -1.47. The molecule has 0 amide bonds. The standard InChI is InChI=1S/C19H18Si/c1-3-11-17(12-4-2)20(18-13-7-5-8-14-18)19-15-9-6-10-16-19/h1,4-16,20H,2H3/b12-4-,17-11+. The summed E-state index contributed by atoms with van der Waals surface area (Å²) in [6.07, 6.45) is 11.6. The summed E-state index contributed by atoms with van der Waals surface area (Å²) in [5.41, 5.74) is 0. The predicted molar refractivity (Wildman–Crippen MR) is 91.0 cm³/mol. The first-order valence-corrected chi connectivity index (χ1v) is 8.48. The molecule has 0 aromatic heterocycles. The molecular formula is C19H18Si. The Morgan fingerprint density at radius 1 is 0.950 bits per heavy atom. The van der Waals surface area contributed by atoms with Crippen LogP contribution in [-0.4, -0.2) is 8.80 Å². The van der Waals surface area contributed by atoms with Crippen LogP contribution in [0.2, 0.25) is 0 Å². The fourth-order valence-corrected chi connectivity index (χ4v) is 5.40. The summed E-state index contributed by atoms with van der Waals surface area (Å²) in [4.78, 5) is 0. The molecule has 0 saturated heterocycles. The highest BCUT2D eigenvalue weighted by Crippen LogP contribution is 2.06. The number of benzene rings is 2. The normalized spacial score (nSPS) is 11.8. The highest BCUT2D eigenvalue weighted by molar-refractivity contribution is 6.91. The monoisotopic (exact) mass is 274 g/mol. The molecule has 1 heteroatoms. The van der Waals surface area contributed by atoms with Gasteiger partial charge in [-0.2, -0.15) is 0 Å². The Balaban J connectivity index is 2.56. The Kier molecular flexibility index (Phi) is 5.17. The van der Waals surface area contributed by atoms with Crippen molar-refractivity contribution >= 4 is 19.2 Å². The maximum absolute atomic E-state index is 5.52. The van der Waals surface area contributed by atoms with E-state index in [0.717, 1.165) is 0 Å². The zero-order chi connectivity index (χ0) is 14.2. The van der Waals surface area contributed by atoms with Crippen LogP contribution in [0.3, 0.4) is 0 Å². The third-order valence-corrected chi connectivity index (χ3v) is 6.34. The summed E-state index contributed by atoms with van der Waals surface area (Å²) in [6, 6.07) is 21.3. The van der Waals surface area contributed by atoms with Gasteiger partial charge in [-0.3, -0.25) is 0 Å². The van der Waals surface area contributed by atoms with Gasteiger partial charge < -0.3 is 0 Å². The number of allylic oxidation sites excluding steroid dienone is 4. The van der Waals surface area contributed by atoms with E-state index in [1.807, 2.05) is 13.0 Å². The molecule has 0 atom stereocenters. The summed E-state index contributed by atoms with van der Waals surface area (Å²) in [7, 11) is -1.47. The molecule has 2 aromatic rings. The van der Waals surface area contributed by atoms with Gasteiger partial charge in [0.05, 0.1) is 0 Å². The molecule has 0 radical (unpaired) electrons. The van der Waals surface area contributed by atoms with Crippen molar-refractivity contribution in [2.24, 2.45) is 0 Å². The zero-order valence-electron chi connectivity index (χ0n) is 11.7. The van der Waals surface area contributed by atoms with E-state index in [2.05, 4.69) is 78.7 Å². The lowest BCUT2D eigenvalue weighted by atomic mass is 10.4. The van der Waals surface area contributed by atoms with Gasteiger partial charge in [0.15, 0.2) is 0 Å². The third-order valence-electron chi connectivity index (χ3n) is 3.21. The van der Waals surface area contributed by atoms with E-state index in [1.165, 1.54) is 15.6 Å². The van der Waals surface area contributed by atoms with Crippen LogP contribution in [0.1, 0.15) is 6.92 Å². The summed E-state index contributed by atoms with van der Waals surface area (Å²) in [6.45, 7) is 2.03. The van der Waals surface area contributed by atoms with Crippen LogP contribution in [0.5, 0.6) is 0 Å². The van der Waals surface area contributed by atoms with Gasteiger partial charge in [0.2, 0.25) is 0 Å². The van der Waals surface area contributed by atoms with E-state index in [1.54, 1.807) is 0 Å². The van der Waals surface area contributed by atoms with Gasteiger partial charge in [0.1, 0.15) is 8.80 Å². The Hall–Kier alpha value is -2.30. The molecular weight excluding hydrogens is 256 g/mol. The van der Waals surface area contributed by atoms with Crippen LogP contribution in [0.4, 0.5) is 0 Å². The van der Waals surface area contributed by atoms with E-state index >= 15 is 0 Å². The van der Waals surface area contributed by atoms with Crippen molar-refractivity contribution in [3.63, 3.8) is 0 Å². The lowest BCUT2D eigenvalue weighted by Crippen LogP contribution is -2.43. The fraction of sp³-hybridized carbons (Fsp3) is 0.0526. The van der Waals surface area contributed by atoms with Crippen molar-refractivity contribution in [2.45, 2.75) is 6.92 Å². The van der Waals surface area contributed by atoms with Crippen molar-refractivity contribution in [3.8, 4) is 12.3 Å². The maximum Gasteiger partial charge on any atom is 0.133 e. The largest absolute Gasteiger partial charge is 0.133 e. The summed E-state index contributed by atoms with van der Waals surface area (Å²) < 4.78 is 0. The molecule has 2 rings (SSSR count). The second kappa shape index (κ2) is 7.33. The van der Waals surface area contributed by atoms with Crippen LogP contribution in [-0.2, 0) is 0 Å². The summed E-state index contributed by atoms with van der Waals surface area (Å²) >= 11 is 0. The van der Waals surface area contributed by atoms with Gasteiger partial charge in [0, 0.05) is 0 Å². The first-order chi connectivity index (χ1) is 9.86. The number of terminal acetylenes is 1. The molecule has 0 N–H and O–H groups in total. The van der Waals surface area contributed by atoms with Gasteiger partial charge in [-0.1, -0.05) is 89.1 Å². The van der Waals surface area contributed by atoms with Crippen molar-refractivity contribution in [3.05, 3.63) is 84.1 Å². The molecule has 2 aromatic carbocycles. The number of hydrogen-bond donors (Lipinski definition) is 0. The van der Waals surface area contributed by atoms with E-state index in [-0.39, 0.29) is 0 Å². The molecule has 20 heavy (non-hydrogen) atoms. The highest BCUT2D eigenvalue weighted by Gasteiger charge is 2.18. The van der Waals surface area contributed by atoms with Gasteiger partial charge in [-0.05, 0) is 18.2 Å². The van der Waals surface area contributed by atoms with Crippen molar-refractivity contribution in [1.82, 2.24) is 0 Å². The van der Waals surface area contributed by atoms with Gasteiger partial charge in [-0.15, -0.1) is 6.42 Å². The Bertz CT molecular complexity index is 591. The van der Waals surface area contributed by atoms with Crippen molar-refractivity contribution in [1.29, 1.82) is 0 Å². The van der Waals surface area contributed by atoms with E-state index in [9.17, 15) is 0 Å². The first-order valence-electron chi connectivity index (χ1n) is 6.75. The Morgan fingerprint density at radius 2 is 1.45 bits per heavy atom. The molecule has 0 aliphatic carbocycles.